The Labute approximate surface area is 201 Å². The largest absolute Gasteiger partial charge is 0.291 e. The molecule has 1 unspecified atom stereocenters. The summed E-state index contributed by atoms with van der Waals surface area (Å²) in [7, 11) is 1.95. The second-order valence-corrected chi connectivity index (χ2v) is 9.13. The van der Waals surface area contributed by atoms with E-state index < -0.39 is 0 Å². The summed E-state index contributed by atoms with van der Waals surface area (Å²) in [6.45, 7) is 2.53. The lowest BCUT2D eigenvalue weighted by Gasteiger charge is -2.33. The predicted molar refractivity (Wildman–Crippen MR) is 135 cm³/mol. The summed E-state index contributed by atoms with van der Waals surface area (Å²) in [6.07, 6.45) is 1.85. The van der Waals surface area contributed by atoms with Crippen LogP contribution in [-0.4, -0.2) is 33.6 Å². The third-order valence-electron chi connectivity index (χ3n) is 6.29. The van der Waals surface area contributed by atoms with Crippen LogP contribution in [-0.2, 0) is 11.3 Å². The van der Waals surface area contributed by atoms with Crippen molar-refractivity contribution in [3.63, 3.8) is 0 Å². The highest BCUT2D eigenvalue weighted by Gasteiger charge is 2.47. The van der Waals surface area contributed by atoms with E-state index in [1.807, 2.05) is 84.1 Å². The summed E-state index contributed by atoms with van der Waals surface area (Å²) < 4.78 is 0. The molecule has 0 saturated carbocycles. The first-order valence-electron chi connectivity index (χ1n) is 11.0. The number of hydrazine groups is 1. The zero-order valence-corrected chi connectivity index (χ0v) is 19.6. The SMILES string of the molecule is Cc1ccccc1N1C(=O)C2=NN(Cc3ccc(-c4cscn4)nc3)c3ccccc3C2N1C. The number of nitrogens with zero attached hydrogens (tertiary/aromatic N) is 6. The number of benzene rings is 2. The van der Waals surface area contributed by atoms with Crippen LogP contribution < -0.4 is 10.0 Å². The standard InChI is InChI=1S/C26H22N6OS/c1-17-7-3-5-9-22(17)32-26(33)24-25(30(32)2)19-8-4-6-10-23(19)31(29-24)14-18-11-12-20(27-13-18)21-15-34-16-28-21/h3-13,15-16,25H,14H2,1-2H3. The number of para-hydroxylation sites is 2. The molecule has 1 saturated heterocycles. The number of aryl methyl sites for hydroxylation is 1. The van der Waals surface area contributed by atoms with Crippen molar-refractivity contribution in [3.05, 3.63) is 94.4 Å². The van der Waals surface area contributed by atoms with Gasteiger partial charge < -0.3 is 0 Å². The van der Waals surface area contributed by atoms with Gasteiger partial charge in [-0.3, -0.25) is 14.8 Å². The predicted octanol–water partition coefficient (Wildman–Crippen LogP) is 4.82. The molecule has 1 atom stereocenters. The van der Waals surface area contributed by atoms with Gasteiger partial charge in [0.1, 0.15) is 6.04 Å². The minimum atomic E-state index is -0.232. The summed E-state index contributed by atoms with van der Waals surface area (Å²) >= 11 is 1.55. The van der Waals surface area contributed by atoms with Crippen LogP contribution in [0, 0.1) is 6.92 Å². The van der Waals surface area contributed by atoms with E-state index in [0.29, 0.717) is 12.3 Å². The molecule has 168 valence electrons. The molecule has 4 aromatic rings. The van der Waals surface area contributed by atoms with Crippen LogP contribution in [0.3, 0.4) is 0 Å². The summed E-state index contributed by atoms with van der Waals surface area (Å²) in [5.41, 5.74) is 9.02. The van der Waals surface area contributed by atoms with Crippen molar-refractivity contribution >= 4 is 34.3 Å². The Morgan fingerprint density at radius 1 is 0.941 bits per heavy atom. The Bertz CT molecular complexity index is 1400. The second kappa shape index (κ2) is 8.16. The number of fused-ring (bicyclic) bond motifs is 3. The summed E-state index contributed by atoms with van der Waals surface area (Å²) in [4.78, 5) is 22.5. The summed E-state index contributed by atoms with van der Waals surface area (Å²) in [5, 5.41) is 12.5. The normalized spacial score (nSPS) is 17.5. The number of carbonyl (C=O) groups is 1. The molecule has 1 amide bonds. The molecule has 4 heterocycles. The van der Waals surface area contributed by atoms with E-state index in [2.05, 4.69) is 22.1 Å². The molecule has 2 aromatic heterocycles. The quantitative estimate of drug-likeness (QED) is 0.431. The molecule has 7 nitrogen and oxygen atoms in total. The second-order valence-electron chi connectivity index (χ2n) is 8.41. The number of aromatic nitrogens is 2. The molecule has 1 fully saturated rings. The molecule has 2 aliphatic heterocycles. The molecule has 34 heavy (non-hydrogen) atoms. The number of carbonyl (C=O) groups excluding carboxylic acids is 1. The minimum absolute atomic E-state index is 0.0988. The fraction of sp³-hybridized carbons (Fsp3) is 0.154. The van der Waals surface area contributed by atoms with Gasteiger partial charge in [-0.1, -0.05) is 42.5 Å². The van der Waals surface area contributed by atoms with Crippen LogP contribution in [0.15, 0.2) is 82.9 Å². The third kappa shape index (κ3) is 3.30. The van der Waals surface area contributed by atoms with Gasteiger partial charge in [0.25, 0.3) is 5.91 Å². The third-order valence-corrected chi connectivity index (χ3v) is 6.88. The monoisotopic (exact) mass is 466 g/mol. The smallest absolute Gasteiger partial charge is 0.266 e. The first-order chi connectivity index (χ1) is 16.6. The number of hydrazone groups is 1. The molecule has 0 spiro atoms. The Hall–Kier alpha value is -3.88. The van der Waals surface area contributed by atoms with Gasteiger partial charge in [0.05, 0.1) is 34.8 Å². The number of thiazole rings is 1. The van der Waals surface area contributed by atoms with Gasteiger partial charge in [-0.15, -0.1) is 11.3 Å². The molecular formula is C26H22N6OS. The minimum Gasteiger partial charge on any atom is -0.266 e. The topological polar surface area (TPSA) is 64.9 Å². The van der Waals surface area contributed by atoms with E-state index in [0.717, 1.165) is 39.5 Å². The fourth-order valence-corrected chi connectivity index (χ4v) is 5.17. The maximum absolute atomic E-state index is 13.6. The highest BCUT2D eigenvalue weighted by molar-refractivity contribution is 7.07. The number of hydrogen-bond acceptors (Lipinski definition) is 7. The van der Waals surface area contributed by atoms with Crippen LogP contribution in [0.1, 0.15) is 22.7 Å². The van der Waals surface area contributed by atoms with E-state index in [-0.39, 0.29) is 11.9 Å². The maximum Gasteiger partial charge on any atom is 0.291 e. The molecule has 0 aliphatic carbocycles. The zero-order valence-electron chi connectivity index (χ0n) is 18.8. The molecule has 2 aromatic carbocycles. The van der Waals surface area contributed by atoms with Crippen LogP contribution in [0.4, 0.5) is 11.4 Å². The lowest BCUT2D eigenvalue weighted by molar-refractivity contribution is -0.113. The van der Waals surface area contributed by atoms with Gasteiger partial charge in [-0.25, -0.2) is 15.0 Å². The Kier molecular flexibility index (Phi) is 4.97. The first-order valence-corrected chi connectivity index (χ1v) is 12.0. The van der Waals surface area contributed by atoms with Crippen LogP contribution in [0.2, 0.25) is 0 Å². The Morgan fingerprint density at radius 2 is 1.74 bits per heavy atom. The first kappa shape index (κ1) is 20.7. The maximum atomic E-state index is 13.6. The lowest BCUT2D eigenvalue weighted by atomic mass is 9.98. The van der Waals surface area contributed by atoms with Crippen molar-refractivity contribution in [1.29, 1.82) is 0 Å². The molecule has 8 heteroatoms. The van der Waals surface area contributed by atoms with Crippen molar-refractivity contribution in [2.45, 2.75) is 19.5 Å². The number of anilines is 2. The van der Waals surface area contributed by atoms with Gasteiger partial charge in [0, 0.05) is 24.2 Å². The van der Waals surface area contributed by atoms with Gasteiger partial charge in [0.15, 0.2) is 5.71 Å². The van der Waals surface area contributed by atoms with Crippen molar-refractivity contribution < 1.29 is 4.79 Å². The van der Waals surface area contributed by atoms with Gasteiger partial charge in [-0.2, -0.15) is 5.10 Å². The van der Waals surface area contributed by atoms with Crippen LogP contribution >= 0.6 is 11.3 Å². The van der Waals surface area contributed by atoms with E-state index in [9.17, 15) is 4.79 Å². The molecule has 0 radical (unpaired) electrons. The highest BCUT2D eigenvalue weighted by atomic mass is 32.1. The van der Waals surface area contributed by atoms with Crippen molar-refractivity contribution in [2.24, 2.45) is 5.10 Å². The zero-order chi connectivity index (χ0) is 23.2. The highest BCUT2D eigenvalue weighted by Crippen LogP contribution is 2.42. The lowest BCUT2D eigenvalue weighted by Crippen LogP contribution is -2.37. The van der Waals surface area contributed by atoms with Gasteiger partial charge >= 0.3 is 0 Å². The molecule has 6 rings (SSSR count). The van der Waals surface area contributed by atoms with Crippen LogP contribution in [0.5, 0.6) is 0 Å². The molecule has 0 bridgehead atoms. The number of pyridine rings is 1. The Balaban J connectivity index is 1.37. The molecule has 2 aliphatic rings. The van der Waals surface area contributed by atoms with Crippen LogP contribution in [0.25, 0.3) is 11.4 Å². The van der Waals surface area contributed by atoms with Gasteiger partial charge in [-0.05, 0) is 36.2 Å². The van der Waals surface area contributed by atoms with Crippen molar-refractivity contribution in [2.75, 3.05) is 17.1 Å². The van der Waals surface area contributed by atoms with E-state index >= 15 is 0 Å². The van der Waals surface area contributed by atoms with E-state index in [1.165, 1.54) is 0 Å². The number of amides is 1. The average molecular weight is 467 g/mol. The summed E-state index contributed by atoms with van der Waals surface area (Å²) in [5.74, 6) is -0.0988. The van der Waals surface area contributed by atoms with Crippen molar-refractivity contribution in [3.8, 4) is 11.4 Å². The molecule has 0 N–H and O–H groups in total. The number of rotatable bonds is 4. The Morgan fingerprint density at radius 3 is 2.47 bits per heavy atom. The van der Waals surface area contributed by atoms with E-state index in [1.54, 1.807) is 21.9 Å². The fourth-order valence-electron chi connectivity index (χ4n) is 4.63. The number of hydrogen-bond donors (Lipinski definition) is 0. The summed E-state index contributed by atoms with van der Waals surface area (Å²) in [6, 6.07) is 19.9. The van der Waals surface area contributed by atoms with E-state index in [4.69, 9.17) is 5.10 Å². The van der Waals surface area contributed by atoms with Gasteiger partial charge in [0.2, 0.25) is 0 Å². The van der Waals surface area contributed by atoms with Crippen molar-refractivity contribution in [1.82, 2.24) is 15.0 Å². The average Bonchev–Trinajstić information content (AvgIpc) is 3.48. The molecular weight excluding hydrogens is 444 g/mol.